The van der Waals surface area contributed by atoms with Crippen molar-refractivity contribution in [1.29, 1.82) is 0 Å². The maximum absolute atomic E-state index is 13.0. The van der Waals surface area contributed by atoms with Gasteiger partial charge in [0.15, 0.2) is 0 Å². The van der Waals surface area contributed by atoms with E-state index in [1.807, 2.05) is 0 Å². The zero-order chi connectivity index (χ0) is 16.1. The summed E-state index contributed by atoms with van der Waals surface area (Å²) in [6, 6.07) is 5.58. The van der Waals surface area contributed by atoms with E-state index in [9.17, 15) is 14.0 Å². The molecule has 2 rings (SSSR count). The lowest BCUT2D eigenvalue weighted by molar-refractivity contribution is -0.143. The number of carbonyl (C=O) groups is 2. The van der Waals surface area contributed by atoms with Gasteiger partial charge in [-0.15, -0.1) is 0 Å². The van der Waals surface area contributed by atoms with Crippen LogP contribution in [0.25, 0.3) is 0 Å². The van der Waals surface area contributed by atoms with Crippen LogP contribution in [0.3, 0.4) is 0 Å². The topological polar surface area (TPSA) is 66.8 Å². The molecule has 120 valence electrons. The molecule has 0 spiro atoms. The number of hydrogen-bond donors (Lipinski definition) is 1. The number of carboxylic acids is 1. The Bertz CT molecular complexity index is 549. The Labute approximate surface area is 128 Å². The molecule has 1 aromatic rings. The molecule has 1 heterocycles. The van der Waals surface area contributed by atoms with Crippen LogP contribution in [0.2, 0.25) is 0 Å². The van der Waals surface area contributed by atoms with E-state index in [1.54, 1.807) is 24.0 Å². The largest absolute Gasteiger partial charge is 0.493 e. The molecule has 5 nitrogen and oxygen atoms in total. The number of ether oxygens (including phenoxy) is 1. The molecule has 1 N–H and O–H groups in total. The average molecular weight is 309 g/mol. The first-order valence-electron chi connectivity index (χ1n) is 7.39. The van der Waals surface area contributed by atoms with Gasteiger partial charge < -0.3 is 14.7 Å². The van der Waals surface area contributed by atoms with Crippen molar-refractivity contribution in [2.45, 2.75) is 32.2 Å². The van der Waals surface area contributed by atoms with Gasteiger partial charge in [-0.3, -0.25) is 9.59 Å². The third-order valence-corrected chi connectivity index (χ3v) is 3.99. The van der Waals surface area contributed by atoms with Gasteiger partial charge in [0.25, 0.3) is 0 Å². The molecule has 0 aliphatic carbocycles. The fourth-order valence-corrected chi connectivity index (χ4v) is 2.74. The van der Waals surface area contributed by atoms with Gasteiger partial charge in [-0.05, 0) is 31.9 Å². The number of benzene rings is 1. The first-order chi connectivity index (χ1) is 10.5. The molecule has 0 radical (unpaired) electrons. The first-order valence-corrected chi connectivity index (χ1v) is 7.39. The highest BCUT2D eigenvalue weighted by Crippen LogP contribution is 2.25. The molecule has 0 aromatic heterocycles. The number of halogens is 1. The third-order valence-electron chi connectivity index (χ3n) is 3.99. The molecule has 1 saturated heterocycles. The van der Waals surface area contributed by atoms with Crippen LogP contribution in [0.4, 0.5) is 4.39 Å². The number of likely N-dealkylation sites (tertiary alicyclic amines) is 1. The molecule has 2 atom stereocenters. The van der Waals surface area contributed by atoms with Crippen LogP contribution in [-0.4, -0.2) is 41.1 Å². The summed E-state index contributed by atoms with van der Waals surface area (Å²) in [4.78, 5) is 24.8. The molecule has 1 amide bonds. The molecule has 1 aromatic carbocycles. The summed E-state index contributed by atoms with van der Waals surface area (Å²) in [6.07, 6.45) is 1.31. The smallest absolute Gasteiger partial charge is 0.308 e. The Morgan fingerprint density at radius 2 is 2.23 bits per heavy atom. The Morgan fingerprint density at radius 1 is 1.45 bits per heavy atom. The van der Waals surface area contributed by atoms with Crippen molar-refractivity contribution in [3.63, 3.8) is 0 Å². The minimum Gasteiger partial charge on any atom is -0.493 e. The van der Waals surface area contributed by atoms with E-state index in [2.05, 4.69) is 0 Å². The Balaban J connectivity index is 1.73. The van der Waals surface area contributed by atoms with Crippen LogP contribution in [0, 0.1) is 11.7 Å². The Hall–Kier alpha value is -2.11. The van der Waals surface area contributed by atoms with Gasteiger partial charge in [0.1, 0.15) is 11.6 Å². The number of amides is 1. The molecular formula is C16H20FNO4. The lowest BCUT2D eigenvalue weighted by Gasteiger charge is -2.23. The second-order valence-corrected chi connectivity index (χ2v) is 5.47. The number of nitrogens with zero attached hydrogens (tertiary/aromatic N) is 1. The van der Waals surface area contributed by atoms with Gasteiger partial charge in [-0.1, -0.05) is 6.07 Å². The average Bonchev–Trinajstić information content (AvgIpc) is 2.85. The van der Waals surface area contributed by atoms with Crippen LogP contribution < -0.4 is 4.74 Å². The van der Waals surface area contributed by atoms with Crippen molar-refractivity contribution in [3.05, 3.63) is 30.1 Å². The van der Waals surface area contributed by atoms with Gasteiger partial charge in [0.2, 0.25) is 5.91 Å². The lowest BCUT2D eigenvalue weighted by atomic mass is 10.0. The van der Waals surface area contributed by atoms with Crippen molar-refractivity contribution in [1.82, 2.24) is 4.90 Å². The number of aliphatic carboxylic acids is 1. The molecule has 6 heteroatoms. The van der Waals surface area contributed by atoms with Crippen molar-refractivity contribution in [3.8, 4) is 5.75 Å². The summed E-state index contributed by atoms with van der Waals surface area (Å²) < 4.78 is 18.3. The number of hydrogen-bond acceptors (Lipinski definition) is 3. The van der Waals surface area contributed by atoms with E-state index in [4.69, 9.17) is 9.84 Å². The summed E-state index contributed by atoms with van der Waals surface area (Å²) in [5.41, 5.74) is 0. The van der Waals surface area contributed by atoms with E-state index in [0.717, 1.165) is 0 Å². The third kappa shape index (κ3) is 3.96. The molecule has 22 heavy (non-hydrogen) atoms. The Kier molecular flexibility index (Phi) is 5.35. The predicted octanol–water partition coefficient (Wildman–Crippen LogP) is 2.31. The minimum atomic E-state index is -0.850. The summed E-state index contributed by atoms with van der Waals surface area (Å²) in [7, 11) is 0. The van der Waals surface area contributed by atoms with Gasteiger partial charge in [0.05, 0.1) is 12.5 Å². The van der Waals surface area contributed by atoms with Crippen LogP contribution in [0.1, 0.15) is 26.2 Å². The van der Waals surface area contributed by atoms with Gasteiger partial charge in [0, 0.05) is 25.1 Å². The second-order valence-electron chi connectivity index (χ2n) is 5.47. The summed E-state index contributed by atoms with van der Waals surface area (Å²) >= 11 is 0. The van der Waals surface area contributed by atoms with E-state index in [-0.39, 0.29) is 17.8 Å². The van der Waals surface area contributed by atoms with E-state index >= 15 is 0 Å². The molecular weight excluding hydrogens is 289 g/mol. The minimum absolute atomic E-state index is 0.0564. The normalized spacial score (nSPS) is 20.9. The van der Waals surface area contributed by atoms with Crippen LogP contribution in [0.15, 0.2) is 24.3 Å². The van der Waals surface area contributed by atoms with Crippen molar-refractivity contribution < 1.29 is 23.8 Å². The van der Waals surface area contributed by atoms with Gasteiger partial charge >= 0.3 is 5.97 Å². The zero-order valence-corrected chi connectivity index (χ0v) is 12.5. The van der Waals surface area contributed by atoms with Crippen LogP contribution in [0.5, 0.6) is 5.75 Å². The number of carboxylic acid groups (broad SMARTS) is 1. The van der Waals surface area contributed by atoms with E-state index in [0.29, 0.717) is 38.2 Å². The summed E-state index contributed by atoms with van der Waals surface area (Å²) in [5, 5.41) is 9.06. The van der Waals surface area contributed by atoms with Crippen molar-refractivity contribution in [2.24, 2.45) is 5.92 Å². The van der Waals surface area contributed by atoms with E-state index in [1.165, 1.54) is 12.1 Å². The highest BCUT2D eigenvalue weighted by Gasteiger charge is 2.37. The lowest BCUT2D eigenvalue weighted by Crippen LogP contribution is -2.37. The van der Waals surface area contributed by atoms with E-state index < -0.39 is 11.9 Å². The fraction of sp³-hybridized carbons (Fsp3) is 0.500. The quantitative estimate of drug-likeness (QED) is 0.819. The van der Waals surface area contributed by atoms with Crippen LogP contribution in [-0.2, 0) is 9.59 Å². The standard InChI is InChI=1S/C16H20FNO4/c1-11-14(16(20)21)7-8-18(11)15(19)6-3-9-22-13-5-2-4-12(17)10-13/h2,4-5,10-11,14H,3,6-9H2,1H3,(H,20,21). The molecule has 2 unspecified atom stereocenters. The molecule has 1 aliphatic rings. The fourth-order valence-electron chi connectivity index (χ4n) is 2.74. The molecule has 0 bridgehead atoms. The maximum Gasteiger partial charge on any atom is 0.308 e. The van der Waals surface area contributed by atoms with Crippen molar-refractivity contribution >= 4 is 11.9 Å². The van der Waals surface area contributed by atoms with Crippen LogP contribution >= 0.6 is 0 Å². The SMILES string of the molecule is CC1C(C(=O)O)CCN1C(=O)CCCOc1cccc(F)c1. The maximum atomic E-state index is 13.0. The molecule has 1 fully saturated rings. The highest BCUT2D eigenvalue weighted by molar-refractivity contribution is 5.79. The highest BCUT2D eigenvalue weighted by atomic mass is 19.1. The number of carbonyl (C=O) groups excluding carboxylic acids is 1. The van der Waals surface area contributed by atoms with Crippen molar-refractivity contribution in [2.75, 3.05) is 13.2 Å². The second kappa shape index (κ2) is 7.24. The summed E-state index contributed by atoms with van der Waals surface area (Å²) in [6.45, 7) is 2.58. The number of rotatable bonds is 6. The monoisotopic (exact) mass is 309 g/mol. The summed E-state index contributed by atoms with van der Waals surface area (Å²) in [5.74, 6) is -1.31. The van der Waals surface area contributed by atoms with Gasteiger partial charge in [-0.2, -0.15) is 0 Å². The first kappa shape index (κ1) is 16.3. The zero-order valence-electron chi connectivity index (χ0n) is 12.5. The van der Waals surface area contributed by atoms with Gasteiger partial charge in [-0.25, -0.2) is 4.39 Å². The Morgan fingerprint density at radius 3 is 2.86 bits per heavy atom. The molecule has 0 saturated carbocycles. The molecule has 1 aliphatic heterocycles. The predicted molar refractivity (Wildman–Crippen MR) is 78.0 cm³/mol.